The number of carboxylic acid groups (broad SMARTS) is 3. The van der Waals surface area contributed by atoms with Crippen molar-refractivity contribution >= 4 is 17.9 Å². The Kier molecular flexibility index (Phi) is 14.3. The molecule has 3 aromatic rings. The third-order valence-electron chi connectivity index (χ3n) is 8.40. The first-order chi connectivity index (χ1) is 25.0. The first kappa shape index (κ1) is 43.3. The molecule has 3 N–H and O–H groups in total. The second-order valence-electron chi connectivity index (χ2n) is 12.4. The van der Waals surface area contributed by atoms with Crippen LogP contribution in [0, 0.1) is 5.41 Å². The van der Waals surface area contributed by atoms with Crippen molar-refractivity contribution in [1.29, 1.82) is 0 Å². The van der Waals surface area contributed by atoms with E-state index in [1.165, 1.54) is 11.1 Å². The number of nitrogens with zero attached hydrogens (tertiary/aromatic N) is 6. The Morgan fingerprint density at radius 1 is 0.722 bits per heavy atom. The summed E-state index contributed by atoms with van der Waals surface area (Å²) in [5.74, 6) is -7.26. The van der Waals surface area contributed by atoms with Crippen LogP contribution in [0.4, 0.5) is 39.5 Å². The monoisotopic (exact) mass is 784 g/mol. The number of halogens is 9. The molecule has 1 saturated heterocycles. The first-order valence-corrected chi connectivity index (χ1v) is 15.7. The van der Waals surface area contributed by atoms with E-state index in [4.69, 9.17) is 34.7 Å². The van der Waals surface area contributed by atoms with Gasteiger partial charge in [0.1, 0.15) is 5.82 Å². The predicted octanol–water partition coefficient (Wildman–Crippen LogP) is 4.33. The maximum atomic E-state index is 13.5. The number of alkyl halides is 9. The van der Waals surface area contributed by atoms with Crippen LogP contribution in [0.1, 0.15) is 41.1 Å². The minimum absolute atomic E-state index is 0.184. The lowest BCUT2D eigenvalue weighted by molar-refractivity contribution is -0.193. The van der Waals surface area contributed by atoms with E-state index in [9.17, 15) is 44.3 Å². The van der Waals surface area contributed by atoms with Crippen LogP contribution < -0.4 is 5.56 Å². The fourth-order valence-electron chi connectivity index (χ4n) is 5.80. The Morgan fingerprint density at radius 3 is 1.57 bits per heavy atom. The van der Waals surface area contributed by atoms with Gasteiger partial charge in [-0.25, -0.2) is 19.4 Å². The Bertz CT molecular complexity index is 1740. The molecule has 0 amide bonds. The Labute approximate surface area is 299 Å². The molecule has 22 heteroatoms. The van der Waals surface area contributed by atoms with Gasteiger partial charge in [-0.1, -0.05) is 12.1 Å². The van der Waals surface area contributed by atoms with Crippen molar-refractivity contribution in [3.63, 3.8) is 0 Å². The molecule has 0 saturated carbocycles. The SMILES string of the molecule is O=C(O)C(F)(F)F.O=C(O)C(F)(F)F.O=C(O)C(F)(F)F.O=c1c2c(nc3n1CC1(CCN(Cc4cccnc4)CC1)C3)CCN(Cc1cccnc1)C2. The number of carboxylic acids is 3. The van der Waals surface area contributed by atoms with Crippen LogP contribution in [0.5, 0.6) is 0 Å². The van der Waals surface area contributed by atoms with E-state index in [0.29, 0.717) is 6.54 Å². The highest BCUT2D eigenvalue weighted by Crippen LogP contribution is 2.41. The molecule has 3 aliphatic heterocycles. The van der Waals surface area contributed by atoms with Gasteiger partial charge in [0.15, 0.2) is 0 Å². The second-order valence-corrected chi connectivity index (χ2v) is 12.4. The van der Waals surface area contributed by atoms with Gasteiger partial charge in [-0.2, -0.15) is 39.5 Å². The van der Waals surface area contributed by atoms with Gasteiger partial charge in [-0.3, -0.25) is 29.1 Å². The van der Waals surface area contributed by atoms with Gasteiger partial charge in [0, 0.05) is 70.4 Å². The summed E-state index contributed by atoms with van der Waals surface area (Å²) in [6.45, 7) is 6.35. The molecule has 0 aliphatic carbocycles. The minimum Gasteiger partial charge on any atom is -0.475 e. The standard InChI is InChI=1S/C26H30N6O.3C2HF3O2/c33-25-22-18-31(17-21-4-2-9-28-15-21)10-5-23(22)29-24-13-26(19-32(24)25)6-11-30(12-7-26)16-20-3-1-8-27-14-20;3*3-2(4,5)1(6)7/h1-4,8-9,14-15H,5-7,10-13,16-19H2;3*(H,6,7). The van der Waals surface area contributed by atoms with E-state index < -0.39 is 36.4 Å². The summed E-state index contributed by atoms with van der Waals surface area (Å²) in [6, 6.07) is 8.22. The van der Waals surface area contributed by atoms with Crippen LogP contribution in [0.25, 0.3) is 0 Å². The molecule has 13 nitrogen and oxygen atoms in total. The number of likely N-dealkylation sites (tertiary alicyclic amines) is 1. The van der Waals surface area contributed by atoms with E-state index in [0.717, 1.165) is 82.0 Å². The number of aromatic nitrogens is 4. The van der Waals surface area contributed by atoms with Gasteiger partial charge < -0.3 is 15.3 Å². The summed E-state index contributed by atoms with van der Waals surface area (Å²) in [4.78, 5) is 58.6. The van der Waals surface area contributed by atoms with Gasteiger partial charge in [-0.15, -0.1) is 0 Å². The van der Waals surface area contributed by atoms with Gasteiger partial charge in [0.05, 0.1) is 11.3 Å². The van der Waals surface area contributed by atoms with E-state index in [-0.39, 0.29) is 11.0 Å². The number of carbonyl (C=O) groups is 3. The molecule has 0 radical (unpaired) electrons. The fourth-order valence-corrected chi connectivity index (χ4v) is 5.80. The number of rotatable bonds is 4. The average Bonchev–Trinajstić information content (AvgIpc) is 3.45. The highest BCUT2D eigenvalue weighted by Gasteiger charge is 2.43. The molecule has 0 atom stereocenters. The van der Waals surface area contributed by atoms with E-state index >= 15 is 0 Å². The number of hydrogen-bond donors (Lipinski definition) is 3. The number of fused-ring (bicyclic) bond motifs is 2. The lowest BCUT2D eigenvalue weighted by atomic mass is 9.77. The van der Waals surface area contributed by atoms with Crippen molar-refractivity contribution in [3.05, 3.63) is 87.6 Å². The van der Waals surface area contributed by atoms with E-state index in [1.54, 1.807) is 6.20 Å². The first-order valence-electron chi connectivity index (χ1n) is 15.7. The third-order valence-corrected chi connectivity index (χ3v) is 8.40. The van der Waals surface area contributed by atoms with E-state index in [1.807, 2.05) is 35.3 Å². The largest absolute Gasteiger partial charge is 0.490 e. The molecular weight excluding hydrogens is 751 g/mol. The molecule has 6 heterocycles. The molecule has 0 aromatic carbocycles. The lowest BCUT2D eigenvalue weighted by Crippen LogP contribution is -2.41. The highest BCUT2D eigenvalue weighted by molar-refractivity contribution is 5.73. The highest BCUT2D eigenvalue weighted by atomic mass is 19.4. The molecule has 3 aromatic heterocycles. The molecule has 54 heavy (non-hydrogen) atoms. The van der Waals surface area contributed by atoms with Crippen LogP contribution >= 0.6 is 0 Å². The summed E-state index contributed by atoms with van der Waals surface area (Å²) in [5, 5.41) is 21.4. The summed E-state index contributed by atoms with van der Waals surface area (Å²) < 4.78 is 97.2. The molecule has 1 spiro atoms. The molecular formula is C32H33F9N6O7. The Hall–Kier alpha value is -5.12. The molecule has 6 rings (SSSR count). The minimum atomic E-state index is -5.08. The van der Waals surface area contributed by atoms with Crippen LogP contribution in [0.2, 0.25) is 0 Å². The quantitative estimate of drug-likeness (QED) is 0.320. The topological polar surface area (TPSA) is 179 Å². The maximum Gasteiger partial charge on any atom is 0.490 e. The Morgan fingerprint density at radius 2 is 1.17 bits per heavy atom. The third kappa shape index (κ3) is 12.8. The number of hydrogen-bond acceptors (Lipinski definition) is 9. The van der Waals surface area contributed by atoms with Crippen molar-refractivity contribution in [1.82, 2.24) is 29.3 Å². The van der Waals surface area contributed by atoms with Gasteiger partial charge in [0.2, 0.25) is 0 Å². The van der Waals surface area contributed by atoms with E-state index in [2.05, 4.69) is 31.9 Å². The van der Waals surface area contributed by atoms with Crippen molar-refractivity contribution in [2.24, 2.45) is 5.41 Å². The van der Waals surface area contributed by atoms with Crippen molar-refractivity contribution in [2.75, 3.05) is 19.6 Å². The molecule has 3 aliphatic rings. The maximum absolute atomic E-state index is 13.5. The van der Waals surface area contributed by atoms with Crippen molar-refractivity contribution in [2.45, 2.75) is 70.4 Å². The smallest absolute Gasteiger partial charge is 0.475 e. The fraction of sp³-hybridized carbons (Fsp3) is 0.469. The second kappa shape index (κ2) is 17.8. The number of pyridine rings is 2. The zero-order valence-corrected chi connectivity index (χ0v) is 28.0. The average molecular weight is 785 g/mol. The van der Waals surface area contributed by atoms with Crippen LogP contribution in [0.3, 0.4) is 0 Å². The summed E-state index contributed by atoms with van der Waals surface area (Å²) in [7, 11) is 0. The summed E-state index contributed by atoms with van der Waals surface area (Å²) in [6.07, 6.45) is -3.72. The summed E-state index contributed by atoms with van der Waals surface area (Å²) in [5.41, 5.74) is 4.77. The van der Waals surface area contributed by atoms with Crippen LogP contribution in [0.15, 0.2) is 53.8 Å². The molecule has 0 unspecified atom stereocenters. The molecule has 0 bridgehead atoms. The van der Waals surface area contributed by atoms with Crippen LogP contribution in [-0.4, -0.2) is 101 Å². The van der Waals surface area contributed by atoms with Crippen molar-refractivity contribution < 1.29 is 69.2 Å². The zero-order chi connectivity index (χ0) is 40.5. The normalized spacial score (nSPS) is 16.6. The number of aliphatic carboxylic acids is 3. The van der Waals surface area contributed by atoms with Crippen LogP contribution in [-0.2, 0) is 53.4 Å². The Balaban J connectivity index is 0.000000307. The lowest BCUT2D eigenvalue weighted by Gasteiger charge is -2.38. The van der Waals surface area contributed by atoms with Crippen molar-refractivity contribution in [3.8, 4) is 0 Å². The van der Waals surface area contributed by atoms with Gasteiger partial charge in [0.25, 0.3) is 5.56 Å². The molecule has 296 valence electrons. The molecule has 1 fully saturated rings. The predicted molar refractivity (Wildman–Crippen MR) is 167 cm³/mol. The van der Waals surface area contributed by atoms with Gasteiger partial charge >= 0.3 is 36.4 Å². The zero-order valence-electron chi connectivity index (χ0n) is 28.0. The number of piperidine rings is 1. The summed E-state index contributed by atoms with van der Waals surface area (Å²) >= 11 is 0. The van der Waals surface area contributed by atoms with Gasteiger partial charge in [-0.05, 0) is 54.6 Å².